The monoisotopic (exact) mass is 360 g/mol. The van der Waals surface area contributed by atoms with Crippen molar-refractivity contribution in [3.63, 3.8) is 0 Å². The first-order chi connectivity index (χ1) is 13.2. The number of esters is 1. The molecule has 0 aliphatic carbocycles. The molecule has 3 aromatic rings. The molecule has 136 valence electrons. The van der Waals surface area contributed by atoms with Gasteiger partial charge in [-0.05, 0) is 60.0 Å². The molecular weight excluding hydrogens is 340 g/mol. The van der Waals surface area contributed by atoms with Crippen LogP contribution in [0.4, 0.5) is 0 Å². The number of aryl methyl sites for hydroxylation is 1. The topological polar surface area (TPSA) is 61.3 Å². The van der Waals surface area contributed by atoms with Gasteiger partial charge in [-0.2, -0.15) is 0 Å². The van der Waals surface area contributed by atoms with Crippen LogP contribution in [0.1, 0.15) is 22.4 Å². The summed E-state index contributed by atoms with van der Waals surface area (Å²) < 4.78 is 10.9. The van der Waals surface area contributed by atoms with Gasteiger partial charge in [-0.25, -0.2) is 4.79 Å². The SMILES string of the molecule is Cc1ccncc1/C=C/C(=O)OCc1ccc(OCc2ccccn2)cc1. The number of nitrogens with zero attached hydrogens (tertiary/aromatic N) is 2. The minimum absolute atomic E-state index is 0.204. The molecule has 0 saturated heterocycles. The first-order valence-electron chi connectivity index (χ1n) is 8.58. The maximum absolute atomic E-state index is 11.9. The van der Waals surface area contributed by atoms with Crippen LogP contribution in [0.2, 0.25) is 0 Å². The summed E-state index contributed by atoms with van der Waals surface area (Å²) in [7, 11) is 0. The molecular formula is C22H20N2O3. The summed E-state index contributed by atoms with van der Waals surface area (Å²) in [6.07, 6.45) is 8.28. The fourth-order valence-electron chi connectivity index (χ4n) is 2.33. The number of benzene rings is 1. The van der Waals surface area contributed by atoms with Crippen LogP contribution >= 0.6 is 0 Å². The summed E-state index contributed by atoms with van der Waals surface area (Å²) in [4.78, 5) is 20.1. The molecule has 0 amide bonds. The number of pyridine rings is 2. The predicted octanol–water partition coefficient (Wildman–Crippen LogP) is 4.12. The molecule has 0 fully saturated rings. The summed E-state index contributed by atoms with van der Waals surface area (Å²) in [5.74, 6) is 0.344. The Balaban J connectivity index is 1.47. The summed E-state index contributed by atoms with van der Waals surface area (Å²) in [5, 5.41) is 0. The van der Waals surface area contributed by atoms with Crippen LogP contribution in [0.3, 0.4) is 0 Å². The van der Waals surface area contributed by atoms with E-state index in [0.29, 0.717) is 6.61 Å². The average molecular weight is 360 g/mol. The highest BCUT2D eigenvalue weighted by Crippen LogP contribution is 2.14. The van der Waals surface area contributed by atoms with Crippen molar-refractivity contribution < 1.29 is 14.3 Å². The molecule has 0 radical (unpaired) electrons. The summed E-state index contributed by atoms with van der Waals surface area (Å²) in [6.45, 7) is 2.58. The van der Waals surface area contributed by atoms with Gasteiger partial charge in [-0.1, -0.05) is 18.2 Å². The molecule has 0 saturated carbocycles. The van der Waals surface area contributed by atoms with Gasteiger partial charge in [-0.15, -0.1) is 0 Å². The lowest BCUT2D eigenvalue weighted by molar-refractivity contribution is -0.138. The third-order valence-corrected chi connectivity index (χ3v) is 3.90. The van der Waals surface area contributed by atoms with Crippen LogP contribution in [-0.4, -0.2) is 15.9 Å². The fraction of sp³-hybridized carbons (Fsp3) is 0.136. The summed E-state index contributed by atoms with van der Waals surface area (Å²) in [6, 6.07) is 15.0. The molecule has 3 rings (SSSR count). The van der Waals surface area contributed by atoms with Gasteiger partial charge in [0.05, 0.1) is 5.69 Å². The second kappa shape index (κ2) is 9.29. The maximum Gasteiger partial charge on any atom is 0.331 e. The van der Waals surface area contributed by atoms with E-state index in [9.17, 15) is 4.79 Å². The second-order valence-electron chi connectivity index (χ2n) is 5.93. The van der Waals surface area contributed by atoms with E-state index in [0.717, 1.165) is 28.1 Å². The van der Waals surface area contributed by atoms with Gasteiger partial charge in [0.25, 0.3) is 0 Å². The fourth-order valence-corrected chi connectivity index (χ4v) is 2.33. The Morgan fingerprint density at radius 2 is 1.89 bits per heavy atom. The zero-order chi connectivity index (χ0) is 18.9. The molecule has 0 unspecified atom stereocenters. The van der Waals surface area contributed by atoms with Crippen LogP contribution in [0.5, 0.6) is 5.75 Å². The Morgan fingerprint density at radius 1 is 1.04 bits per heavy atom. The van der Waals surface area contributed by atoms with Gasteiger partial charge in [0, 0.05) is 24.7 Å². The standard InChI is InChI=1S/C22H20N2O3/c1-17-11-13-23-14-19(17)7-10-22(25)27-15-18-5-8-21(9-6-18)26-16-20-4-2-3-12-24-20/h2-14H,15-16H2,1H3/b10-7+. The van der Waals surface area contributed by atoms with Gasteiger partial charge in [0.1, 0.15) is 19.0 Å². The summed E-state index contributed by atoms with van der Waals surface area (Å²) in [5.41, 5.74) is 3.70. The first-order valence-corrected chi connectivity index (χ1v) is 8.58. The minimum atomic E-state index is -0.395. The van der Waals surface area contributed by atoms with Crippen LogP contribution in [0.15, 0.2) is 73.2 Å². The molecule has 5 heteroatoms. The number of carbonyl (C=O) groups is 1. The number of hydrogen-bond acceptors (Lipinski definition) is 5. The third-order valence-electron chi connectivity index (χ3n) is 3.90. The summed E-state index contributed by atoms with van der Waals surface area (Å²) >= 11 is 0. The highest BCUT2D eigenvalue weighted by Gasteiger charge is 2.02. The van der Waals surface area contributed by atoms with Crippen molar-refractivity contribution in [2.45, 2.75) is 20.1 Å². The smallest absolute Gasteiger partial charge is 0.331 e. The van der Waals surface area contributed by atoms with Crippen molar-refractivity contribution in [3.05, 3.63) is 95.6 Å². The molecule has 0 bridgehead atoms. The lowest BCUT2D eigenvalue weighted by atomic mass is 10.1. The van der Waals surface area contributed by atoms with E-state index in [1.165, 1.54) is 6.08 Å². The zero-order valence-corrected chi connectivity index (χ0v) is 15.0. The Hall–Kier alpha value is -3.47. The first kappa shape index (κ1) is 18.3. The van der Waals surface area contributed by atoms with E-state index in [2.05, 4.69) is 9.97 Å². The van der Waals surface area contributed by atoms with Gasteiger partial charge in [-0.3, -0.25) is 9.97 Å². The quantitative estimate of drug-likeness (QED) is 0.468. The molecule has 5 nitrogen and oxygen atoms in total. The third kappa shape index (κ3) is 5.78. The zero-order valence-electron chi connectivity index (χ0n) is 15.0. The Bertz CT molecular complexity index is 906. The van der Waals surface area contributed by atoms with Crippen molar-refractivity contribution in [2.24, 2.45) is 0 Å². The van der Waals surface area contributed by atoms with Crippen LogP contribution in [0, 0.1) is 6.92 Å². The molecule has 27 heavy (non-hydrogen) atoms. The predicted molar refractivity (Wildman–Crippen MR) is 103 cm³/mol. The highest BCUT2D eigenvalue weighted by atomic mass is 16.5. The van der Waals surface area contributed by atoms with Crippen molar-refractivity contribution in [1.82, 2.24) is 9.97 Å². The van der Waals surface area contributed by atoms with Crippen molar-refractivity contribution >= 4 is 12.0 Å². The molecule has 0 atom stereocenters. The van der Waals surface area contributed by atoms with Crippen molar-refractivity contribution in [1.29, 1.82) is 0 Å². The van der Waals surface area contributed by atoms with Gasteiger partial charge in [0.15, 0.2) is 0 Å². The normalized spacial score (nSPS) is 10.7. The largest absolute Gasteiger partial charge is 0.487 e. The number of carbonyl (C=O) groups excluding carboxylic acids is 1. The number of aromatic nitrogens is 2. The molecule has 0 N–H and O–H groups in total. The van der Waals surface area contributed by atoms with Crippen molar-refractivity contribution in [2.75, 3.05) is 0 Å². The lowest BCUT2D eigenvalue weighted by Gasteiger charge is -2.07. The Morgan fingerprint density at radius 3 is 2.63 bits per heavy atom. The molecule has 2 aromatic heterocycles. The van der Waals surface area contributed by atoms with Gasteiger partial charge in [0.2, 0.25) is 0 Å². The van der Waals surface area contributed by atoms with E-state index in [4.69, 9.17) is 9.47 Å². The van der Waals surface area contributed by atoms with Crippen LogP contribution in [-0.2, 0) is 22.7 Å². The average Bonchev–Trinajstić information content (AvgIpc) is 2.71. The maximum atomic E-state index is 11.9. The molecule has 0 aliphatic rings. The molecule has 0 aliphatic heterocycles. The molecule has 1 aromatic carbocycles. The number of ether oxygens (including phenoxy) is 2. The Kier molecular flexibility index (Phi) is 6.30. The minimum Gasteiger partial charge on any atom is -0.487 e. The van der Waals surface area contributed by atoms with E-state index in [1.807, 2.05) is 55.5 Å². The Labute approximate surface area is 158 Å². The van der Waals surface area contributed by atoms with Crippen LogP contribution < -0.4 is 4.74 Å². The van der Waals surface area contributed by atoms with Crippen LogP contribution in [0.25, 0.3) is 6.08 Å². The lowest BCUT2D eigenvalue weighted by Crippen LogP contribution is -2.01. The van der Waals surface area contributed by atoms with E-state index in [-0.39, 0.29) is 6.61 Å². The highest BCUT2D eigenvalue weighted by molar-refractivity contribution is 5.87. The van der Waals surface area contributed by atoms with E-state index < -0.39 is 5.97 Å². The molecule has 0 spiro atoms. The second-order valence-corrected chi connectivity index (χ2v) is 5.93. The number of rotatable bonds is 7. The van der Waals surface area contributed by atoms with Gasteiger partial charge >= 0.3 is 5.97 Å². The van der Waals surface area contributed by atoms with Crippen molar-refractivity contribution in [3.8, 4) is 5.75 Å². The van der Waals surface area contributed by atoms with Gasteiger partial charge < -0.3 is 9.47 Å². The number of hydrogen-bond donors (Lipinski definition) is 0. The van der Waals surface area contributed by atoms with E-state index >= 15 is 0 Å². The van der Waals surface area contributed by atoms with E-state index in [1.54, 1.807) is 24.7 Å². The molecule has 2 heterocycles.